The fourth-order valence-corrected chi connectivity index (χ4v) is 1.68. The number of rotatable bonds is 3. The summed E-state index contributed by atoms with van der Waals surface area (Å²) in [6, 6.07) is 1.97. The van der Waals surface area contributed by atoms with E-state index in [0.29, 0.717) is 0 Å². The van der Waals surface area contributed by atoms with Crippen LogP contribution in [0.4, 0.5) is 0 Å². The minimum absolute atomic E-state index is 0.0934. The normalized spacial score (nSPS) is 12.6. The van der Waals surface area contributed by atoms with Crippen molar-refractivity contribution in [2.45, 2.75) is 32.0 Å². The SMILES string of the molecule is CC(=O)C(Br)Cc1c(C)ccnc1C. The van der Waals surface area contributed by atoms with Crippen LogP contribution in [-0.4, -0.2) is 15.6 Å². The van der Waals surface area contributed by atoms with Crippen LogP contribution < -0.4 is 0 Å². The van der Waals surface area contributed by atoms with Crippen LogP contribution in [0.25, 0.3) is 0 Å². The molecule has 0 saturated heterocycles. The lowest BCUT2D eigenvalue weighted by atomic mass is 10.0. The van der Waals surface area contributed by atoms with Gasteiger partial charge in [0, 0.05) is 11.9 Å². The minimum atomic E-state index is -0.0934. The van der Waals surface area contributed by atoms with E-state index >= 15 is 0 Å². The zero-order valence-corrected chi connectivity index (χ0v) is 10.3. The number of ketones is 1. The molecule has 1 heterocycles. The average Bonchev–Trinajstić information content (AvgIpc) is 2.11. The van der Waals surface area contributed by atoms with Crippen molar-refractivity contribution in [3.63, 3.8) is 0 Å². The summed E-state index contributed by atoms with van der Waals surface area (Å²) >= 11 is 3.37. The molecule has 0 radical (unpaired) electrons. The molecule has 0 aliphatic heterocycles. The third-order valence-electron chi connectivity index (χ3n) is 2.33. The van der Waals surface area contributed by atoms with Crippen LogP contribution >= 0.6 is 15.9 Å². The number of carbonyl (C=O) groups is 1. The highest BCUT2D eigenvalue weighted by Gasteiger charge is 2.13. The largest absolute Gasteiger partial charge is 0.299 e. The number of aromatic nitrogens is 1. The number of pyridine rings is 1. The molecule has 1 unspecified atom stereocenters. The monoisotopic (exact) mass is 255 g/mol. The summed E-state index contributed by atoms with van der Waals surface area (Å²) in [4.78, 5) is 15.2. The highest BCUT2D eigenvalue weighted by Crippen LogP contribution is 2.17. The van der Waals surface area contributed by atoms with Crippen molar-refractivity contribution in [1.82, 2.24) is 4.98 Å². The summed E-state index contributed by atoms with van der Waals surface area (Å²) in [7, 11) is 0. The van der Waals surface area contributed by atoms with Crippen LogP contribution in [0, 0.1) is 13.8 Å². The summed E-state index contributed by atoms with van der Waals surface area (Å²) in [6.07, 6.45) is 2.52. The van der Waals surface area contributed by atoms with Crippen molar-refractivity contribution in [2.24, 2.45) is 0 Å². The van der Waals surface area contributed by atoms with E-state index in [1.54, 1.807) is 13.1 Å². The van der Waals surface area contributed by atoms with Crippen LogP contribution in [0.2, 0.25) is 0 Å². The summed E-state index contributed by atoms with van der Waals surface area (Å²) < 4.78 is 0. The first-order valence-electron chi connectivity index (χ1n) is 4.58. The molecule has 3 heteroatoms. The van der Waals surface area contributed by atoms with Crippen LogP contribution in [0.5, 0.6) is 0 Å². The van der Waals surface area contributed by atoms with Crippen LogP contribution in [0.15, 0.2) is 12.3 Å². The summed E-state index contributed by atoms with van der Waals surface area (Å²) in [5.41, 5.74) is 3.38. The van der Waals surface area contributed by atoms with E-state index in [0.717, 1.165) is 12.1 Å². The molecule has 1 atom stereocenters. The molecule has 0 amide bonds. The Labute approximate surface area is 92.9 Å². The van der Waals surface area contributed by atoms with Crippen molar-refractivity contribution in [3.8, 4) is 0 Å². The van der Waals surface area contributed by atoms with Gasteiger partial charge in [0.15, 0.2) is 0 Å². The second kappa shape index (κ2) is 4.69. The number of aryl methyl sites for hydroxylation is 2. The lowest BCUT2D eigenvalue weighted by Crippen LogP contribution is -2.14. The molecule has 0 fully saturated rings. The van der Waals surface area contributed by atoms with Crippen LogP contribution in [0.3, 0.4) is 0 Å². The van der Waals surface area contributed by atoms with Gasteiger partial charge in [0.05, 0.1) is 4.83 Å². The first kappa shape index (κ1) is 11.4. The van der Waals surface area contributed by atoms with Gasteiger partial charge in [-0.1, -0.05) is 15.9 Å². The second-order valence-electron chi connectivity index (χ2n) is 3.47. The van der Waals surface area contributed by atoms with Gasteiger partial charge in [-0.2, -0.15) is 0 Å². The number of hydrogen-bond acceptors (Lipinski definition) is 2. The smallest absolute Gasteiger partial charge is 0.143 e. The van der Waals surface area contributed by atoms with E-state index in [-0.39, 0.29) is 10.6 Å². The zero-order valence-electron chi connectivity index (χ0n) is 8.67. The molecular formula is C11H14BrNO. The standard InChI is InChI=1S/C11H14BrNO/c1-7-4-5-13-8(2)10(7)6-11(12)9(3)14/h4-5,11H,6H2,1-3H3. The molecule has 2 nitrogen and oxygen atoms in total. The Morgan fingerprint density at radius 2 is 2.21 bits per heavy atom. The number of Topliss-reactive ketones (excluding diaryl/α,β-unsaturated/α-hetero) is 1. The van der Waals surface area contributed by atoms with Gasteiger partial charge < -0.3 is 0 Å². The molecule has 76 valence electrons. The Balaban J connectivity index is 2.91. The lowest BCUT2D eigenvalue weighted by Gasteiger charge is -2.10. The van der Waals surface area contributed by atoms with E-state index in [9.17, 15) is 4.79 Å². The fourth-order valence-electron chi connectivity index (χ4n) is 1.36. The highest BCUT2D eigenvalue weighted by atomic mass is 79.9. The van der Waals surface area contributed by atoms with Crippen molar-refractivity contribution in [2.75, 3.05) is 0 Å². The van der Waals surface area contributed by atoms with Gasteiger partial charge in [-0.25, -0.2) is 0 Å². The molecule has 0 aromatic carbocycles. The van der Waals surface area contributed by atoms with Gasteiger partial charge in [0.2, 0.25) is 0 Å². The molecule has 0 spiro atoms. The van der Waals surface area contributed by atoms with Crippen molar-refractivity contribution in [1.29, 1.82) is 0 Å². The molecular weight excluding hydrogens is 242 g/mol. The highest BCUT2D eigenvalue weighted by molar-refractivity contribution is 9.10. The van der Waals surface area contributed by atoms with Crippen LogP contribution in [-0.2, 0) is 11.2 Å². The van der Waals surface area contributed by atoms with E-state index in [4.69, 9.17) is 0 Å². The predicted molar refractivity (Wildman–Crippen MR) is 60.8 cm³/mol. The third-order valence-corrected chi connectivity index (χ3v) is 3.30. The van der Waals surface area contributed by atoms with Gasteiger partial charge in [-0.05, 0) is 44.4 Å². The molecule has 0 saturated carbocycles. The Morgan fingerprint density at radius 1 is 1.57 bits per heavy atom. The summed E-state index contributed by atoms with van der Waals surface area (Å²) in [5, 5.41) is 0. The quantitative estimate of drug-likeness (QED) is 0.778. The van der Waals surface area contributed by atoms with Gasteiger partial charge in [-0.3, -0.25) is 9.78 Å². The Morgan fingerprint density at radius 3 is 2.71 bits per heavy atom. The summed E-state index contributed by atoms with van der Waals surface area (Å²) in [5.74, 6) is 0.160. The molecule has 0 aliphatic rings. The maximum absolute atomic E-state index is 11.1. The molecule has 0 bridgehead atoms. The molecule has 1 rings (SSSR count). The molecule has 0 aliphatic carbocycles. The van der Waals surface area contributed by atoms with Gasteiger partial charge in [0.25, 0.3) is 0 Å². The van der Waals surface area contributed by atoms with E-state index in [1.807, 2.05) is 19.9 Å². The number of alkyl halides is 1. The Hall–Kier alpha value is -0.700. The number of nitrogens with zero attached hydrogens (tertiary/aromatic N) is 1. The third kappa shape index (κ3) is 2.64. The minimum Gasteiger partial charge on any atom is -0.299 e. The van der Waals surface area contributed by atoms with E-state index in [1.165, 1.54) is 11.1 Å². The first-order valence-corrected chi connectivity index (χ1v) is 5.49. The maximum Gasteiger partial charge on any atom is 0.143 e. The Bertz CT molecular complexity index is 329. The Kier molecular flexibility index (Phi) is 3.81. The summed E-state index contributed by atoms with van der Waals surface area (Å²) in [6.45, 7) is 5.62. The van der Waals surface area contributed by atoms with Crippen molar-refractivity contribution in [3.05, 3.63) is 29.1 Å². The first-order chi connectivity index (χ1) is 6.52. The van der Waals surface area contributed by atoms with Crippen LogP contribution in [0.1, 0.15) is 23.7 Å². The average molecular weight is 256 g/mol. The van der Waals surface area contributed by atoms with Gasteiger partial charge in [-0.15, -0.1) is 0 Å². The van der Waals surface area contributed by atoms with Gasteiger partial charge >= 0.3 is 0 Å². The van der Waals surface area contributed by atoms with Crippen molar-refractivity contribution < 1.29 is 4.79 Å². The zero-order chi connectivity index (χ0) is 10.7. The number of carbonyl (C=O) groups excluding carboxylic acids is 1. The molecule has 1 aromatic heterocycles. The predicted octanol–water partition coefficient (Wildman–Crippen LogP) is 2.59. The molecule has 14 heavy (non-hydrogen) atoms. The second-order valence-corrected chi connectivity index (χ2v) is 4.58. The lowest BCUT2D eigenvalue weighted by molar-refractivity contribution is -0.116. The van der Waals surface area contributed by atoms with E-state index < -0.39 is 0 Å². The number of halogens is 1. The topological polar surface area (TPSA) is 30.0 Å². The maximum atomic E-state index is 11.1. The van der Waals surface area contributed by atoms with Crippen molar-refractivity contribution >= 4 is 21.7 Å². The fraction of sp³-hybridized carbons (Fsp3) is 0.455. The van der Waals surface area contributed by atoms with E-state index in [2.05, 4.69) is 20.9 Å². The molecule has 1 aromatic rings. The number of hydrogen-bond donors (Lipinski definition) is 0. The molecule has 0 N–H and O–H groups in total. The van der Waals surface area contributed by atoms with Gasteiger partial charge in [0.1, 0.15) is 5.78 Å².